The number of aromatic nitrogens is 1. The highest BCUT2D eigenvalue weighted by atomic mass is 32.1. The number of carbonyl (C=O) groups is 3. The summed E-state index contributed by atoms with van der Waals surface area (Å²) >= 11 is 1.42. The van der Waals surface area contributed by atoms with Crippen LogP contribution in [0.3, 0.4) is 0 Å². The molecule has 2 aromatic rings. The minimum Gasteiger partial charge on any atom is -0.497 e. The van der Waals surface area contributed by atoms with Gasteiger partial charge in [0.15, 0.2) is 6.61 Å². The van der Waals surface area contributed by atoms with Gasteiger partial charge in [-0.25, -0.2) is 4.98 Å². The van der Waals surface area contributed by atoms with Gasteiger partial charge in [0.2, 0.25) is 5.91 Å². The number of methoxy groups -OCH3 is 1. The zero-order valence-corrected chi connectivity index (χ0v) is 17.2. The third-order valence-electron chi connectivity index (χ3n) is 4.32. The van der Waals surface area contributed by atoms with Gasteiger partial charge in [-0.1, -0.05) is 0 Å². The Labute approximate surface area is 172 Å². The molecule has 3 rings (SSSR count). The third-order valence-corrected chi connectivity index (χ3v) is 5.26. The number of rotatable bonds is 9. The van der Waals surface area contributed by atoms with Crippen molar-refractivity contribution in [3.05, 3.63) is 35.3 Å². The molecule has 0 radical (unpaired) electrons. The minimum atomic E-state index is -0.541. The van der Waals surface area contributed by atoms with E-state index < -0.39 is 18.5 Å². The summed E-state index contributed by atoms with van der Waals surface area (Å²) in [6.07, 6.45) is 1.95. The van der Waals surface area contributed by atoms with Crippen LogP contribution < -0.4 is 10.1 Å². The Morgan fingerprint density at radius 1 is 1.24 bits per heavy atom. The van der Waals surface area contributed by atoms with Gasteiger partial charge in [-0.3, -0.25) is 14.4 Å². The van der Waals surface area contributed by atoms with E-state index >= 15 is 0 Å². The molecule has 0 bridgehead atoms. The number of hydrogen-bond acceptors (Lipinski definition) is 7. The van der Waals surface area contributed by atoms with Gasteiger partial charge in [-0.05, 0) is 37.1 Å². The number of hydrogen-bond donors (Lipinski definition) is 1. The molecule has 2 amide bonds. The lowest BCUT2D eigenvalue weighted by Crippen LogP contribution is -2.40. The Balaban J connectivity index is 1.43. The van der Waals surface area contributed by atoms with Crippen molar-refractivity contribution in [1.82, 2.24) is 15.2 Å². The van der Waals surface area contributed by atoms with Gasteiger partial charge in [0.25, 0.3) is 5.91 Å². The summed E-state index contributed by atoms with van der Waals surface area (Å²) in [6.45, 7) is -0.453. The normalized spacial score (nSPS) is 12.9. The van der Waals surface area contributed by atoms with Gasteiger partial charge in [0.1, 0.15) is 10.8 Å². The first-order valence-corrected chi connectivity index (χ1v) is 10.1. The van der Waals surface area contributed by atoms with Gasteiger partial charge in [-0.15, -0.1) is 11.3 Å². The van der Waals surface area contributed by atoms with E-state index in [2.05, 4.69) is 10.3 Å². The molecule has 0 spiro atoms. The van der Waals surface area contributed by atoms with Crippen molar-refractivity contribution < 1.29 is 23.9 Å². The molecule has 0 saturated heterocycles. The first kappa shape index (κ1) is 20.8. The number of amides is 2. The van der Waals surface area contributed by atoms with Crippen LogP contribution in [0, 0.1) is 0 Å². The fourth-order valence-electron chi connectivity index (χ4n) is 2.51. The predicted octanol–water partition coefficient (Wildman–Crippen LogP) is 1.64. The lowest BCUT2D eigenvalue weighted by atomic mass is 10.2. The molecule has 1 aromatic carbocycles. The summed E-state index contributed by atoms with van der Waals surface area (Å²) in [5.41, 5.74) is 1.51. The van der Waals surface area contributed by atoms with Gasteiger partial charge in [0, 0.05) is 24.0 Å². The molecular formula is C20H23N3O5S. The highest BCUT2D eigenvalue weighted by Gasteiger charge is 2.24. The summed E-state index contributed by atoms with van der Waals surface area (Å²) in [5.74, 6) is -0.417. The van der Waals surface area contributed by atoms with Crippen LogP contribution in [0.2, 0.25) is 0 Å². The molecule has 8 nitrogen and oxygen atoms in total. The molecule has 0 atom stereocenters. The summed E-state index contributed by atoms with van der Waals surface area (Å²) in [7, 11) is 3.11. The molecular weight excluding hydrogens is 394 g/mol. The first-order valence-electron chi connectivity index (χ1n) is 9.22. The van der Waals surface area contributed by atoms with E-state index in [0.717, 1.165) is 29.2 Å². The highest BCUT2D eigenvalue weighted by molar-refractivity contribution is 7.13. The van der Waals surface area contributed by atoms with E-state index in [9.17, 15) is 14.4 Å². The van der Waals surface area contributed by atoms with Crippen molar-refractivity contribution >= 4 is 29.1 Å². The second-order valence-corrected chi connectivity index (χ2v) is 7.66. The number of benzene rings is 1. The highest BCUT2D eigenvalue weighted by Crippen LogP contribution is 2.26. The Bertz CT molecular complexity index is 876. The van der Waals surface area contributed by atoms with Crippen molar-refractivity contribution in [2.75, 3.05) is 27.3 Å². The quantitative estimate of drug-likeness (QED) is 0.623. The topological polar surface area (TPSA) is 97.8 Å². The average Bonchev–Trinajstić information content (AvgIpc) is 3.40. The number of nitrogens with zero attached hydrogens (tertiary/aromatic N) is 2. The van der Waals surface area contributed by atoms with Crippen molar-refractivity contribution in [1.29, 1.82) is 0 Å². The second-order valence-electron chi connectivity index (χ2n) is 6.80. The fourth-order valence-corrected chi connectivity index (χ4v) is 3.34. The van der Waals surface area contributed by atoms with Gasteiger partial charge < -0.3 is 19.7 Å². The zero-order valence-electron chi connectivity index (χ0n) is 16.3. The second kappa shape index (κ2) is 9.51. The van der Waals surface area contributed by atoms with Crippen LogP contribution in [0.1, 0.15) is 18.5 Å². The van der Waals surface area contributed by atoms with Crippen LogP contribution >= 0.6 is 11.3 Å². The molecule has 29 heavy (non-hydrogen) atoms. The fraction of sp³-hybridized carbons (Fsp3) is 0.400. The van der Waals surface area contributed by atoms with Crippen LogP contribution in [-0.2, 0) is 25.5 Å². The first-order chi connectivity index (χ1) is 13.9. The Morgan fingerprint density at radius 2 is 1.97 bits per heavy atom. The number of thiazole rings is 1. The SMILES string of the molecule is COc1ccc(-c2nc(CC(=O)OCC(=O)N(C)CC(=O)NC3CC3)cs2)cc1. The molecule has 1 aromatic heterocycles. The zero-order chi connectivity index (χ0) is 20.8. The van der Waals surface area contributed by atoms with Crippen LogP contribution in [0.4, 0.5) is 0 Å². The van der Waals surface area contributed by atoms with Gasteiger partial charge in [0.05, 0.1) is 25.8 Å². The molecule has 0 unspecified atom stereocenters. The van der Waals surface area contributed by atoms with Crippen LogP contribution in [0.15, 0.2) is 29.6 Å². The van der Waals surface area contributed by atoms with Crippen molar-refractivity contribution in [2.24, 2.45) is 0 Å². The van der Waals surface area contributed by atoms with Crippen molar-refractivity contribution in [3.63, 3.8) is 0 Å². The van der Waals surface area contributed by atoms with E-state index in [1.54, 1.807) is 12.5 Å². The van der Waals surface area contributed by atoms with Crippen molar-refractivity contribution in [2.45, 2.75) is 25.3 Å². The number of nitrogens with one attached hydrogen (secondary N) is 1. The van der Waals surface area contributed by atoms with E-state index in [0.29, 0.717) is 5.69 Å². The molecule has 154 valence electrons. The maximum Gasteiger partial charge on any atom is 0.312 e. The summed E-state index contributed by atoms with van der Waals surface area (Å²) < 4.78 is 10.2. The molecule has 1 aliphatic carbocycles. The minimum absolute atomic E-state index is 0.0220. The lowest BCUT2D eigenvalue weighted by molar-refractivity contribution is -0.151. The lowest BCUT2D eigenvalue weighted by Gasteiger charge is -2.16. The molecule has 1 fully saturated rings. The average molecular weight is 417 g/mol. The van der Waals surface area contributed by atoms with Crippen molar-refractivity contribution in [3.8, 4) is 16.3 Å². The van der Waals surface area contributed by atoms with E-state index in [1.165, 1.54) is 23.3 Å². The summed E-state index contributed by atoms with van der Waals surface area (Å²) in [6, 6.07) is 7.72. The Hall–Kier alpha value is -2.94. The molecule has 1 heterocycles. The number of ether oxygens (including phenoxy) is 2. The predicted molar refractivity (Wildman–Crippen MR) is 108 cm³/mol. The smallest absolute Gasteiger partial charge is 0.312 e. The molecule has 1 N–H and O–H groups in total. The van der Waals surface area contributed by atoms with Gasteiger partial charge in [-0.2, -0.15) is 0 Å². The Kier molecular flexibility index (Phi) is 6.82. The van der Waals surface area contributed by atoms with E-state index in [1.807, 2.05) is 24.3 Å². The van der Waals surface area contributed by atoms with Crippen LogP contribution in [-0.4, -0.2) is 61.0 Å². The maximum absolute atomic E-state index is 12.0. The summed E-state index contributed by atoms with van der Waals surface area (Å²) in [4.78, 5) is 41.4. The monoisotopic (exact) mass is 417 g/mol. The number of likely N-dealkylation sites (N-methyl/N-ethyl adjacent to an activating group) is 1. The number of esters is 1. The van der Waals surface area contributed by atoms with Gasteiger partial charge >= 0.3 is 5.97 Å². The molecule has 1 saturated carbocycles. The van der Waals surface area contributed by atoms with Crippen LogP contribution in [0.5, 0.6) is 5.75 Å². The molecule has 1 aliphatic rings. The van der Waals surface area contributed by atoms with E-state index in [4.69, 9.17) is 9.47 Å². The maximum atomic E-state index is 12.0. The largest absolute Gasteiger partial charge is 0.497 e. The van der Waals surface area contributed by atoms with Crippen LogP contribution in [0.25, 0.3) is 10.6 Å². The van der Waals surface area contributed by atoms with E-state index in [-0.39, 0.29) is 24.9 Å². The summed E-state index contributed by atoms with van der Waals surface area (Å²) in [5, 5.41) is 5.38. The molecule has 0 aliphatic heterocycles. The number of carbonyl (C=O) groups excluding carboxylic acids is 3. The Morgan fingerprint density at radius 3 is 2.62 bits per heavy atom. The standard InChI is InChI=1S/C20H23N3O5S/c1-23(10-17(24)21-14-5-6-14)18(25)11-28-19(26)9-15-12-29-20(22-15)13-3-7-16(27-2)8-4-13/h3-4,7-8,12,14H,5-6,9-11H2,1-2H3,(H,21,24). The molecule has 9 heteroatoms. The third kappa shape index (κ3) is 6.28.